The van der Waals surface area contributed by atoms with Crippen LogP contribution < -0.4 is 0 Å². The molecule has 0 radical (unpaired) electrons. The van der Waals surface area contributed by atoms with Crippen molar-refractivity contribution in [2.75, 3.05) is 6.61 Å². The highest BCUT2D eigenvalue weighted by Crippen LogP contribution is 2.33. The van der Waals surface area contributed by atoms with Crippen LogP contribution in [0.4, 0.5) is 0 Å². The fourth-order valence-electron chi connectivity index (χ4n) is 2.85. The third-order valence-corrected chi connectivity index (χ3v) is 3.85. The zero-order valence-corrected chi connectivity index (χ0v) is 12.7. The summed E-state index contributed by atoms with van der Waals surface area (Å²) >= 11 is 0. The second-order valence-electron chi connectivity index (χ2n) is 5.99. The summed E-state index contributed by atoms with van der Waals surface area (Å²) in [6.45, 7) is 6.41. The van der Waals surface area contributed by atoms with Crippen molar-refractivity contribution in [3.63, 3.8) is 0 Å². The van der Waals surface area contributed by atoms with E-state index in [1.54, 1.807) is 0 Å². The first-order valence-electron chi connectivity index (χ1n) is 7.70. The van der Waals surface area contributed by atoms with Gasteiger partial charge in [0.15, 0.2) is 5.82 Å². The van der Waals surface area contributed by atoms with Gasteiger partial charge in [0.2, 0.25) is 0 Å². The lowest BCUT2D eigenvalue weighted by Crippen LogP contribution is -2.19. The van der Waals surface area contributed by atoms with Crippen molar-refractivity contribution in [1.82, 2.24) is 15.2 Å². The Morgan fingerprint density at radius 2 is 2.10 bits per heavy atom. The molecule has 0 aromatic carbocycles. The van der Waals surface area contributed by atoms with Gasteiger partial charge in [0, 0.05) is 5.92 Å². The number of hydrogen-bond acceptors (Lipinski definition) is 4. The summed E-state index contributed by atoms with van der Waals surface area (Å²) in [5.74, 6) is 1.87. The van der Waals surface area contributed by atoms with Crippen molar-refractivity contribution in [3.05, 3.63) is 11.6 Å². The van der Waals surface area contributed by atoms with Gasteiger partial charge in [-0.1, -0.05) is 26.7 Å². The molecule has 0 spiro atoms. The number of ether oxygens (including phenoxy) is 1. The van der Waals surface area contributed by atoms with Gasteiger partial charge >= 0.3 is 5.97 Å². The van der Waals surface area contributed by atoms with E-state index < -0.39 is 0 Å². The number of carbonyl (C=O) groups excluding carboxylic acids is 1. The summed E-state index contributed by atoms with van der Waals surface area (Å²) in [7, 11) is 0. The third kappa shape index (κ3) is 3.58. The van der Waals surface area contributed by atoms with E-state index >= 15 is 0 Å². The summed E-state index contributed by atoms with van der Waals surface area (Å²) in [5.41, 5.74) is 0. The van der Waals surface area contributed by atoms with Gasteiger partial charge in [0.25, 0.3) is 0 Å². The molecule has 1 N–H and O–H groups in total. The van der Waals surface area contributed by atoms with Gasteiger partial charge in [-0.3, -0.25) is 9.89 Å². The molecule has 112 valence electrons. The van der Waals surface area contributed by atoms with Crippen LogP contribution in [-0.4, -0.2) is 27.8 Å². The van der Waals surface area contributed by atoms with E-state index in [0.717, 1.165) is 12.2 Å². The van der Waals surface area contributed by atoms with Crippen molar-refractivity contribution >= 4 is 5.97 Å². The SMILES string of the molecule is CCOC(=O)C(CC(C)C)c1n[nH]c(C2CCCC2)n1. The molecule has 5 heteroatoms. The Kier molecular flexibility index (Phi) is 5.15. The van der Waals surface area contributed by atoms with Crippen molar-refractivity contribution < 1.29 is 9.53 Å². The monoisotopic (exact) mass is 279 g/mol. The zero-order valence-electron chi connectivity index (χ0n) is 12.7. The smallest absolute Gasteiger partial charge is 0.316 e. The van der Waals surface area contributed by atoms with E-state index in [9.17, 15) is 4.79 Å². The van der Waals surface area contributed by atoms with E-state index in [4.69, 9.17) is 4.74 Å². The Morgan fingerprint density at radius 1 is 1.40 bits per heavy atom. The molecule has 1 fully saturated rings. The van der Waals surface area contributed by atoms with Gasteiger partial charge in [0.05, 0.1) is 6.61 Å². The number of H-pyrrole nitrogens is 1. The van der Waals surface area contributed by atoms with E-state index in [0.29, 0.717) is 24.3 Å². The fourth-order valence-corrected chi connectivity index (χ4v) is 2.85. The molecule has 0 bridgehead atoms. The third-order valence-electron chi connectivity index (χ3n) is 3.85. The maximum atomic E-state index is 12.1. The lowest BCUT2D eigenvalue weighted by Gasteiger charge is -2.14. The molecule has 2 rings (SSSR count). The molecule has 1 aromatic rings. The minimum Gasteiger partial charge on any atom is -0.465 e. The van der Waals surface area contributed by atoms with Gasteiger partial charge in [-0.05, 0) is 32.1 Å². The molecule has 1 aliphatic rings. The quantitative estimate of drug-likeness (QED) is 0.812. The molecule has 1 unspecified atom stereocenters. The molecule has 1 aliphatic carbocycles. The predicted octanol–water partition coefficient (Wildman–Crippen LogP) is 3.16. The van der Waals surface area contributed by atoms with Crippen LogP contribution in [-0.2, 0) is 9.53 Å². The zero-order chi connectivity index (χ0) is 14.5. The Labute approximate surface area is 120 Å². The second kappa shape index (κ2) is 6.86. The molecule has 1 saturated carbocycles. The number of nitrogens with zero attached hydrogens (tertiary/aromatic N) is 2. The Bertz CT molecular complexity index is 436. The van der Waals surface area contributed by atoms with Crippen LogP contribution in [0.5, 0.6) is 0 Å². The van der Waals surface area contributed by atoms with Gasteiger partial charge in [-0.15, -0.1) is 0 Å². The maximum absolute atomic E-state index is 12.1. The minimum atomic E-state index is -0.346. The molecular formula is C15H25N3O2. The number of aromatic amines is 1. The van der Waals surface area contributed by atoms with Crippen LogP contribution in [0, 0.1) is 5.92 Å². The average Bonchev–Trinajstić information content (AvgIpc) is 3.06. The Hall–Kier alpha value is -1.39. The van der Waals surface area contributed by atoms with Gasteiger partial charge < -0.3 is 4.74 Å². The van der Waals surface area contributed by atoms with Crippen LogP contribution in [0.15, 0.2) is 0 Å². The first-order chi connectivity index (χ1) is 9.61. The number of carbonyl (C=O) groups is 1. The molecule has 0 amide bonds. The largest absolute Gasteiger partial charge is 0.465 e. The van der Waals surface area contributed by atoms with Crippen molar-refractivity contribution in [2.45, 2.75) is 64.7 Å². The molecule has 20 heavy (non-hydrogen) atoms. The lowest BCUT2D eigenvalue weighted by atomic mass is 9.96. The first-order valence-corrected chi connectivity index (χ1v) is 7.70. The molecule has 1 heterocycles. The number of rotatable bonds is 6. The second-order valence-corrected chi connectivity index (χ2v) is 5.99. The summed E-state index contributed by atoms with van der Waals surface area (Å²) < 4.78 is 5.16. The molecule has 5 nitrogen and oxygen atoms in total. The molecular weight excluding hydrogens is 254 g/mol. The lowest BCUT2D eigenvalue weighted by molar-refractivity contribution is -0.145. The molecule has 1 aromatic heterocycles. The minimum absolute atomic E-state index is 0.210. The standard InChI is InChI=1S/C15H25N3O2/c1-4-20-15(19)12(9-10(2)3)14-16-13(17-18-14)11-7-5-6-8-11/h10-12H,4-9H2,1-3H3,(H,16,17,18). The van der Waals surface area contributed by atoms with Crippen LogP contribution in [0.1, 0.15) is 76.4 Å². The average molecular weight is 279 g/mol. The predicted molar refractivity (Wildman–Crippen MR) is 76.4 cm³/mol. The van der Waals surface area contributed by atoms with Crippen molar-refractivity contribution in [1.29, 1.82) is 0 Å². The topological polar surface area (TPSA) is 67.9 Å². The summed E-state index contributed by atoms with van der Waals surface area (Å²) in [4.78, 5) is 16.7. The Morgan fingerprint density at radius 3 is 2.70 bits per heavy atom. The maximum Gasteiger partial charge on any atom is 0.316 e. The number of hydrogen-bond donors (Lipinski definition) is 1. The van der Waals surface area contributed by atoms with Crippen molar-refractivity contribution in [2.24, 2.45) is 5.92 Å². The van der Waals surface area contributed by atoms with E-state index in [-0.39, 0.29) is 11.9 Å². The summed E-state index contributed by atoms with van der Waals surface area (Å²) in [6.07, 6.45) is 5.58. The highest BCUT2D eigenvalue weighted by molar-refractivity contribution is 5.77. The number of esters is 1. The normalized spacial score (nSPS) is 17.6. The van der Waals surface area contributed by atoms with Crippen LogP contribution >= 0.6 is 0 Å². The first kappa shape index (κ1) is 15.0. The highest BCUT2D eigenvalue weighted by Gasteiger charge is 2.29. The van der Waals surface area contributed by atoms with Crippen LogP contribution in [0.3, 0.4) is 0 Å². The molecule has 0 saturated heterocycles. The van der Waals surface area contributed by atoms with Gasteiger partial charge in [0.1, 0.15) is 11.7 Å². The van der Waals surface area contributed by atoms with E-state index in [1.165, 1.54) is 25.7 Å². The highest BCUT2D eigenvalue weighted by atomic mass is 16.5. The Balaban J connectivity index is 2.13. The summed E-state index contributed by atoms with van der Waals surface area (Å²) in [6, 6.07) is 0. The van der Waals surface area contributed by atoms with E-state index in [2.05, 4.69) is 29.0 Å². The van der Waals surface area contributed by atoms with E-state index in [1.807, 2.05) is 6.92 Å². The van der Waals surface area contributed by atoms with Crippen molar-refractivity contribution in [3.8, 4) is 0 Å². The molecule has 0 aliphatic heterocycles. The van der Waals surface area contributed by atoms with Gasteiger partial charge in [-0.25, -0.2) is 4.98 Å². The fraction of sp³-hybridized carbons (Fsp3) is 0.800. The van der Waals surface area contributed by atoms with Crippen LogP contribution in [0.2, 0.25) is 0 Å². The number of nitrogens with one attached hydrogen (secondary N) is 1. The molecule has 1 atom stereocenters. The van der Waals surface area contributed by atoms with Gasteiger partial charge in [-0.2, -0.15) is 5.10 Å². The summed E-state index contributed by atoms with van der Waals surface area (Å²) in [5, 5.41) is 7.31. The number of aromatic nitrogens is 3. The van der Waals surface area contributed by atoms with Crippen LogP contribution in [0.25, 0.3) is 0 Å².